The third kappa shape index (κ3) is 9.23. The van der Waals surface area contributed by atoms with Gasteiger partial charge in [0.25, 0.3) is 0 Å². The van der Waals surface area contributed by atoms with E-state index in [-0.39, 0.29) is 24.4 Å². The summed E-state index contributed by atoms with van der Waals surface area (Å²) in [5.74, 6) is 0. The van der Waals surface area contributed by atoms with Crippen molar-refractivity contribution in [3.05, 3.63) is 179 Å². The highest BCUT2D eigenvalue weighted by molar-refractivity contribution is 5.18. The number of rotatable bonds is 15. The molecule has 1 fully saturated rings. The molecule has 0 spiro atoms. The number of piperidine rings is 1. The molecule has 1 aliphatic heterocycles. The zero-order chi connectivity index (χ0) is 31.2. The summed E-state index contributed by atoms with van der Waals surface area (Å²) in [5.41, 5.74) is 5.76. The predicted molar refractivity (Wildman–Crippen MR) is 182 cm³/mol. The van der Waals surface area contributed by atoms with Gasteiger partial charge in [-0.15, -0.1) is 0 Å². The summed E-state index contributed by atoms with van der Waals surface area (Å²) in [6.45, 7) is 3.90. The lowest BCUT2D eigenvalue weighted by atomic mass is 9.92. The number of hydrogen-bond acceptors (Lipinski definition) is 5. The van der Waals surface area contributed by atoms with E-state index >= 15 is 0 Å². The fourth-order valence-electron chi connectivity index (χ4n) is 6.05. The first-order chi connectivity index (χ1) is 22.8. The van der Waals surface area contributed by atoms with Crippen LogP contribution in [-0.2, 0) is 51.9 Å². The van der Waals surface area contributed by atoms with Crippen molar-refractivity contribution >= 4 is 0 Å². The molecule has 1 saturated heterocycles. The summed E-state index contributed by atoms with van der Waals surface area (Å²) in [5, 5.41) is 0. The molecule has 236 valence electrons. The number of benzene rings is 5. The van der Waals surface area contributed by atoms with E-state index in [1.165, 1.54) is 5.56 Å². The Hall–Kier alpha value is -4.10. The number of likely N-dealkylation sites (tertiary alicyclic amines) is 1. The topological polar surface area (TPSA) is 40.2 Å². The van der Waals surface area contributed by atoms with Crippen LogP contribution in [0.5, 0.6) is 0 Å². The molecular formula is C41H43NO4. The van der Waals surface area contributed by atoms with Crippen LogP contribution in [0.3, 0.4) is 0 Å². The fourth-order valence-corrected chi connectivity index (χ4v) is 6.05. The standard InChI is InChI=1S/C41H43NO4/c1-6-16-33(17-7-1)26-42-27-39(44-29-35-20-10-3-11-21-35)41(46-31-37-24-14-5-15-25-37)40(45-30-36-22-12-4-13-23-36)38(42)32-43-28-34-18-8-2-9-19-34/h1-25,38-41H,26-32H2/t38-,39-,40-,41-/m1/s1. The summed E-state index contributed by atoms with van der Waals surface area (Å²) in [7, 11) is 0. The van der Waals surface area contributed by atoms with Crippen molar-refractivity contribution < 1.29 is 18.9 Å². The van der Waals surface area contributed by atoms with Crippen LogP contribution in [0.2, 0.25) is 0 Å². The first-order valence-corrected chi connectivity index (χ1v) is 16.2. The summed E-state index contributed by atoms with van der Waals surface area (Å²) in [4.78, 5) is 2.47. The summed E-state index contributed by atoms with van der Waals surface area (Å²) in [6.07, 6.45) is -0.846. The molecule has 1 aliphatic rings. The Bertz CT molecular complexity index is 1530. The minimum Gasteiger partial charge on any atom is -0.375 e. The van der Waals surface area contributed by atoms with Crippen molar-refractivity contribution in [3.63, 3.8) is 0 Å². The van der Waals surface area contributed by atoms with E-state index in [0.717, 1.165) is 28.8 Å². The van der Waals surface area contributed by atoms with Crippen LogP contribution >= 0.6 is 0 Å². The van der Waals surface area contributed by atoms with Crippen molar-refractivity contribution in [1.82, 2.24) is 4.90 Å². The van der Waals surface area contributed by atoms with Crippen LogP contribution in [0.15, 0.2) is 152 Å². The Morgan fingerprint density at radius 2 is 0.826 bits per heavy atom. The molecule has 1 heterocycles. The van der Waals surface area contributed by atoms with Gasteiger partial charge in [0.1, 0.15) is 12.2 Å². The van der Waals surface area contributed by atoms with Crippen molar-refractivity contribution in [2.45, 2.75) is 57.3 Å². The van der Waals surface area contributed by atoms with Gasteiger partial charge in [0.2, 0.25) is 0 Å². The summed E-state index contributed by atoms with van der Waals surface area (Å²) in [6, 6.07) is 51.9. The van der Waals surface area contributed by atoms with Crippen LogP contribution in [0, 0.1) is 0 Å². The smallest absolute Gasteiger partial charge is 0.113 e. The van der Waals surface area contributed by atoms with Gasteiger partial charge < -0.3 is 18.9 Å². The number of nitrogens with zero attached hydrogens (tertiary/aromatic N) is 1. The molecule has 4 atom stereocenters. The third-order valence-electron chi connectivity index (χ3n) is 8.46. The molecule has 0 bridgehead atoms. The fraction of sp³-hybridized carbons (Fsp3) is 0.268. The molecule has 5 heteroatoms. The molecule has 0 aliphatic carbocycles. The summed E-state index contributed by atoms with van der Waals surface area (Å²) < 4.78 is 27.0. The maximum atomic E-state index is 6.91. The first-order valence-electron chi connectivity index (χ1n) is 16.2. The molecule has 6 rings (SSSR count). The molecule has 0 radical (unpaired) electrons. The Labute approximate surface area is 273 Å². The lowest BCUT2D eigenvalue weighted by molar-refractivity contribution is -0.212. The zero-order valence-corrected chi connectivity index (χ0v) is 26.3. The van der Waals surface area contributed by atoms with Gasteiger partial charge in [-0.1, -0.05) is 152 Å². The van der Waals surface area contributed by atoms with E-state index in [0.29, 0.717) is 39.6 Å². The van der Waals surface area contributed by atoms with Crippen LogP contribution in [0.1, 0.15) is 27.8 Å². The van der Waals surface area contributed by atoms with Gasteiger partial charge in [-0.05, 0) is 27.8 Å². The van der Waals surface area contributed by atoms with E-state index in [1.807, 2.05) is 36.4 Å². The Morgan fingerprint density at radius 1 is 0.435 bits per heavy atom. The Kier molecular flexibility index (Phi) is 11.8. The Balaban J connectivity index is 1.31. The lowest BCUT2D eigenvalue weighted by Crippen LogP contribution is -2.64. The minimum atomic E-state index is -0.315. The average molecular weight is 614 g/mol. The molecule has 0 amide bonds. The van der Waals surface area contributed by atoms with E-state index in [9.17, 15) is 0 Å². The van der Waals surface area contributed by atoms with Gasteiger partial charge in [0.05, 0.1) is 45.2 Å². The van der Waals surface area contributed by atoms with Crippen molar-refractivity contribution in [2.24, 2.45) is 0 Å². The minimum absolute atomic E-state index is 0.0648. The number of ether oxygens (including phenoxy) is 4. The highest BCUT2D eigenvalue weighted by atomic mass is 16.6. The van der Waals surface area contributed by atoms with Gasteiger partial charge in [-0.25, -0.2) is 0 Å². The van der Waals surface area contributed by atoms with Gasteiger partial charge in [-0.3, -0.25) is 4.90 Å². The number of hydrogen-bond donors (Lipinski definition) is 0. The molecule has 0 saturated carbocycles. The molecule has 0 unspecified atom stereocenters. The Morgan fingerprint density at radius 3 is 1.30 bits per heavy atom. The van der Waals surface area contributed by atoms with Crippen molar-refractivity contribution in [2.75, 3.05) is 13.2 Å². The molecule has 5 nitrogen and oxygen atoms in total. The second-order valence-corrected chi connectivity index (χ2v) is 11.8. The van der Waals surface area contributed by atoms with E-state index in [1.54, 1.807) is 0 Å². The molecule has 46 heavy (non-hydrogen) atoms. The van der Waals surface area contributed by atoms with Crippen LogP contribution in [0.25, 0.3) is 0 Å². The van der Waals surface area contributed by atoms with Gasteiger partial charge in [-0.2, -0.15) is 0 Å². The monoisotopic (exact) mass is 613 g/mol. The SMILES string of the molecule is c1ccc(COC[C@@H]2[C@@H](OCc3ccccc3)[C@H](OCc3ccccc3)[C@H](OCc3ccccc3)CN2Cc2ccccc2)cc1. The van der Waals surface area contributed by atoms with Crippen molar-refractivity contribution in [1.29, 1.82) is 0 Å². The van der Waals surface area contributed by atoms with E-state index in [2.05, 4.69) is 120 Å². The average Bonchev–Trinajstić information content (AvgIpc) is 3.12. The summed E-state index contributed by atoms with van der Waals surface area (Å²) >= 11 is 0. The maximum Gasteiger partial charge on any atom is 0.113 e. The van der Waals surface area contributed by atoms with Gasteiger partial charge in [0.15, 0.2) is 0 Å². The molecule has 0 N–H and O–H groups in total. The second-order valence-electron chi connectivity index (χ2n) is 11.8. The predicted octanol–water partition coefficient (Wildman–Crippen LogP) is 7.84. The van der Waals surface area contributed by atoms with Crippen LogP contribution in [0.4, 0.5) is 0 Å². The van der Waals surface area contributed by atoms with Crippen molar-refractivity contribution in [3.8, 4) is 0 Å². The van der Waals surface area contributed by atoms with Gasteiger partial charge >= 0.3 is 0 Å². The van der Waals surface area contributed by atoms with Crippen LogP contribution in [-0.4, -0.2) is 42.4 Å². The van der Waals surface area contributed by atoms with Crippen LogP contribution < -0.4 is 0 Å². The van der Waals surface area contributed by atoms with E-state index < -0.39 is 0 Å². The van der Waals surface area contributed by atoms with E-state index in [4.69, 9.17) is 18.9 Å². The lowest BCUT2D eigenvalue weighted by Gasteiger charge is -2.48. The highest BCUT2D eigenvalue weighted by Crippen LogP contribution is 2.30. The van der Waals surface area contributed by atoms with Gasteiger partial charge in [0, 0.05) is 13.1 Å². The largest absolute Gasteiger partial charge is 0.375 e. The normalized spacial score (nSPS) is 20.0. The highest BCUT2D eigenvalue weighted by Gasteiger charge is 2.46. The molecule has 0 aromatic heterocycles. The molecule has 5 aromatic carbocycles. The zero-order valence-electron chi connectivity index (χ0n) is 26.3. The molecule has 5 aromatic rings. The first kappa shape index (κ1) is 31.9. The third-order valence-corrected chi connectivity index (χ3v) is 8.46. The maximum absolute atomic E-state index is 6.91. The molecular weight excluding hydrogens is 570 g/mol. The quantitative estimate of drug-likeness (QED) is 0.120. The second kappa shape index (κ2) is 17.0.